The SMILES string of the molecule is COCO[C@@H](CCCCO[Si](c1ccccc1)(c1ccccc1)C(C)(C)C)C[C@@H](O)CO. The van der Waals surface area contributed by atoms with Crippen LogP contribution in [-0.2, 0) is 13.9 Å². The number of unbranched alkanes of at least 4 members (excludes halogenated alkanes) is 1. The molecule has 0 aliphatic rings. The van der Waals surface area contributed by atoms with Gasteiger partial charge in [-0.25, -0.2) is 0 Å². The monoisotopic (exact) mass is 460 g/mol. The Morgan fingerprint density at radius 2 is 1.47 bits per heavy atom. The first kappa shape index (κ1) is 26.7. The van der Waals surface area contributed by atoms with E-state index in [-0.39, 0.29) is 24.5 Å². The van der Waals surface area contributed by atoms with Gasteiger partial charge in [0.2, 0.25) is 0 Å². The van der Waals surface area contributed by atoms with Crippen molar-refractivity contribution in [1.29, 1.82) is 0 Å². The highest BCUT2D eigenvalue weighted by molar-refractivity contribution is 6.99. The number of ether oxygens (including phenoxy) is 2. The third kappa shape index (κ3) is 7.23. The van der Waals surface area contributed by atoms with E-state index in [4.69, 9.17) is 19.0 Å². The summed E-state index contributed by atoms with van der Waals surface area (Å²) in [5, 5.41) is 21.5. The summed E-state index contributed by atoms with van der Waals surface area (Å²) in [4.78, 5) is 0. The van der Waals surface area contributed by atoms with Crippen LogP contribution in [0.3, 0.4) is 0 Å². The van der Waals surface area contributed by atoms with Crippen LogP contribution in [0.25, 0.3) is 0 Å². The van der Waals surface area contributed by atoms with Crippen molar-refractivity contribution in [3.8, 4) is 0 Å². The Bertz CT molecular complexity index is 708. The third-order valence-electron chi connectivity index (χ3n) is 5.82. The van der Waals surface area contributed by atoms with Crippen LogP contribution in [0.1, 0.15) is 46.5 Å². The van der Waals surface area contributed by atoms with Gasteiger partial charge in [0.15, 0.2) is 0 Å². The Kier molecular flexibility index (Phi) is 11.0. The normalized spacial score (nSPS) is 14.3. The highest BCUT2D eigenvalue weighted by atomic mass is 28.4. The second-order valence-corrected chi connectivity index (χ2v) is 13.6. The molecule has 0 aliphatic carbocycles. The zero-order valence-electron chi connectivity index (χ0n) is 20.0. The minimum atomic E-state index is -2.50. The molecule has 0 heterocycles. The molecule has 0 aliphatic heterocycles. The van der Waals surface area contributed by atoms with Crippen molar-refractivity contribution in [1.82, 2.24) is 0 Å². The predicted molar refractivity (Wildman–Crippen MR) is 132 cm³/mol. The summed E-state index contributed by atoms with van der Waals surface area (Å²) >= 11 is 0. The van der Waals surface area contributed by atoms with Crippen LogP contribution in [0.15, 0.2) is 60.7 Å². The fraction of sp³-hybridized carbons (Fsp3) is 0.538. The summed E-state index contributed by atoms with van der Waals surface area (Å²) in [5.41, 5.74) is 0. The summed E-state index contributed by atoms with van der Waals surface area (Å²) in [6.45, 7) is 7.43. The molecule has 0 unspecified atom stereocenters. The van der Waals surface area contributed by atoms with Crippen LogP contribution in [0.4, 0.5) is 0 Å². The van der Waals surface area contributed by atoms with E-state index in [9.17, 15) is 5.11 Å². The van der Waals surface area contributed by atoms with Crippen LogP contribution in [0.2, 0.25) is 5.04 Å². The maximum Gasteiger partial charge on any atom is 0.261 e. The zero-order valence-corrected chi connectivity index (χ0v) is 21.0. The van der Waals surface area contributed by atoms with Gasteiger partial charge in [-0.1, -0.05) is 81.4 Å². The largest absolute Gasteiger partial charge is 0.407 e. The Labute approximate surface area is 194 Å². The van der Waals surface area contributed by atoms with Gasteiger partial charge in [0, 0.05) is 20.1 Å². The number of hydrogen-bond donors (Lipinski definition) is 2. The van der Waals surface area contributed by atoms with Gasteiger partial charge < -0.3 is 24.1 Å². The van der Waals surface area contributed by atoms with Crippen molar-refractivity contribution >= 4 is 18.7 Å². The minimum Gasteiger partial charge on any atom is -0.407 e. The lowest BCUT2D eigenvalue weighted by molar-refractivity contribution is -0.0905. The third-order valence-corrected chi connectivity index (χ3v) is 10.9. The molecular formula is C26H40O5Si. The zero-order chi connectivity index (χ0) is 23.5. The lowest BCUT2D eigenvalue weighted by atomic mass is 10.1. The Morgan fingerprint density at radius 3 is 1.94 bits per heavy atom. The molecule has 0 aromatic heterocycles. The maximum atomic E-state index is 9.79. The predicted octanol–water partition coefficient (Wildman–Crippen LogP) is 3.47. The fourth-order valence-electron chi connectivity index (χ4n) is 4.27. The molecule has 0 saturated heterocycles. The lowest BCUT2D eigenvalue weighted by Crippen LogP contribution is -2.66. The second-order valence-electron chi connectivity index (χ2n) is 9.27. The molecule has 5 nitrogen and oxygen atoms in total. The van der Waals surface area contributed by atoms with Crippen molar-refractivity contribution in [2.24, 2.45) is 0 Å². The van der Waals surface area contributed by atoms with E-state index in [1.807, 2.05) is 0 Å². The molecule has 2 aromatic carbocycles. The number of methoxy groups -OCH3 is 1. The highest BCUT2D eigenvalue weighted by Crippen LogP contribution is 2.36. The van der Waals surface area contributed by atoms with Crippen LogP contribution in [0.5, 0.6) is 0 Å². The van der Waals surface area contributed by atoms with Crippen molar-refractivity contribution in [2.75, 3.05) is 27.1 Å². The van der Waals surface area contributed by atoms with Crippen LogP contribution >= 0.6 is 0 Å². The van der Waals surface area contributed by atoms with Crippen LogP contribution in [-0.4, -0.2) is 57.9 Å². The van der Waals surface area contributed by atoms with E-state index in [1.54, 1.807) is 7.11 Å². The Balaban J connectivity index is 2.11. The molecule has 0 radical (unpaired) electrons. The fourth-order valence-corrected chi connectivity index (χ4v) is 8.88. The lowest BCUT2D eigenvalue weighted by Gasteiger charge is -2.43. The van der Waals surface area contributed by atoms with Gasteiger partial charge in [0.25, 0.3) is 8.32 Å². The van der Waals surface area contributed by atoms with E-state index in [1.165, 1.54) is 10.4 Å². The van der Waals surface area contributed by atoms with Gasteiger partial charge in [0.05, 0.1) is 18.8 Å². The minimum absolute atomic E-state index is 0.0367. The van der Waals surface area contributed by atoms with E-state index < -0.39 is 14.4 Å². The highest BCUT2D eigenvalue weighted by Gasteiger charge is 2.49. The van der Waals surface area contributed by atoms with Gasteiger partial charge in [-0.15, -0.1) is 0 Å². The van der Waals surface area contributed by atoms with Crippen molar-refractivity contribution < 1.29 is 24.1 Å². The first-order valence-electron chi connectivity index (χ1n) is 11.5. The Morgan fingerprint density at radius 1 is 0.906 bits per heavy atom. The standard InChI is InChI=1S/C26H40O5Si/c1-26(2,3)32(24-14-7-5-8-15-24,25-16-9-6-10-17-25)31-18-12-11-13-23(30-21-29-4)19-22(28)20-27/h5-10,14-17,22-23,27-28H,11-13,18-21H2,1-4H3/t22-,23+/m1/s1. The van der Waals surface area contributed by atoms with E-state index in [2.05, 4.69) is 81.4 Å². The van der Waals surface area contributed by atoms with E-state index >= 15 is 0 Å². The summed E-state index contributed by atoms with van der Waals surface area (Å²) in [7, 11) is -0.923. The number of benzene rings is 2. The Hall–Kier alpha value is -1.54. The van der Waals surface area contributed by atoms with Crippen molar-refractivity contribution in [3.63, 3.8) is 0 Å². The van der Waals surface area contributed by atoms with Crippen LogP contribution in [0, 0.1) is 0 Å². The molecule has 0 fully saturated rings. The molecule has 0 saturated carbocycles. The molecular weight excluding hydrogens is 420 g/mol. The molecule has 32 heavy (non-hydrogen) atoms. The molecule has 6 heteroatoms. The van der Waals surface area contributed by atoms with Gasteiger partial charge in [-0.05, 0) is 34.7 Å². The van der Waals surface area contributed by atoms with Gasteiger partial charge >= 0.3 is 0 Å². The van der Waals surface area contributed by atoms with Crippen molar-refractivity contribution in [2.45, 2.75) is 63.7 Å². The average Bonchev–Trinajstić information content (AvgIpc) is 2.79. The molecule has 2 rings (SSSR count). The summed E-state index contributed by atoms with van der Waals surface area (Å²) in [6, 6.07) is 21.3. The van der Waals surface area contributed by atoms with E-state index in [0.717, 1.165) is 19.3 Å². The van der Waals surface area contributed by atoms with E-state index in [0.29, 0.717) is 13.0 Å². The molecule has 0 amide bonds. The summed E-state index contributed by atoms with van der Waals surface area (Å²) in [5.74, 6) is 0. The quantitative estimate of drug-likeness (QED) is 0.257. The first-order chi connectivity index (χ1) is 15.3. The molecule has 2 N–H and O–H groups in total. The van der Waals surface area contributed by atoms with Gasteiger partial charge in [0.1, 0.15) is 6.79 Å². The molecule has 0 spiro atoms. The van der Waals surface area contributed by atoms with Crippen LogP contribution < -0.4 is 10.4 Å². The number of aliphatic hydroxyl groups excluding tert-OH is 2. The maximum absolute atomic E-state index is 9.79. The first-order valence-corrected chi connectivity index (χ1v) is 13.4. The second kappa shape index (κ2) is 13.2. The number of rotatable bonds is 14. The van der Waals surface area contributed by atoms with Gasteiger partial charge in [-0.3, -0.25) is 0 Å². The molecule has 178 valence electrons. The average molecular weight is 461 g/mol. The number of hydrogen-bond acceptors (Lipinski definition) is 5. The number of aliphatic hydroxyl groups is 2. The van der Waals surface area contributed by atoms with Crippen molar-refractivity contribution in [3.05, 3.63) is 60.7 Å². The topological polar surface area (TPSA) is 68.2 Å². The molecule has 2 aromatic rings. The summed E-state index contributed by atoms with van der Waals surface area (Å²) in [6.07, 6.45) is 2.06. The smallest absolute Gasteiger partial charge is 0.261 e. The molecule has 0 bridgehead atoms. The summed E-state index contributed by atoms with van der Waals surface area (Å²) < 4.78 is 17.6. The molecule has 2 atom stereocenters. The van der Waals surface area contributed by atoms with Gasteiger partial charge in [-0.2, -0.15) is 0 Å².